The average molecular weight is 344 g/mol. The fraction of sp³-hybridized carbons (Fsp3) is 0.100. The van der Waals surface area contributed by atoms with Crippen LogP contribution in [0.3, 0.4) is 0 Å². The number of hydrogen-bond acceptors (Lipinski definition) is 6. The van der Waals surface area contributed by atoms with Crippen molar-refractivity contribution < 1.29 is 9.63 Å². The Hall–Kier alpha value is -3.54. The number of phenols is 1. The normalized spacial score (nSPS) is 12.0. The summed E-state index contributed by atoms with van der Waals surface area (Å²) in [6.45, 7) is 0. The second-order valence-corrected chi connectivity index (χ2v) is 5.90. The highest BCUT2D eigenvalue weighted by Crippen LogP contribution is 2.29. The molecule has 0 fully saturated rings. The van der Waals surface area contributed by atoms with Crippen LogP contribution in [0.15, 0.2) is 77.4 Å². The van der Waals surface area contributed by atoms with E-state index in [1.54, 1.807) is 30.5 Å². The lowest BCUT2D eigenvalue weighted by molar-refractivity contribution is 0.365. The van der Waals surface area contributed by atoms with Crippen LogP contribution in [0, 0.1) is 0 Å². The number of rotatable bonds is 5. The standard InChI is InChI=1S/C20H16N4O2/c25-16-10-8-14(9-11-16)13-17(15-5-2-1-3-6-15)20-22-19(24-26-20)18-7-4-12-21-23-18/h1-12,17,25H,13H2/t17-/m0/s1. The van der Waals surface area contributed by atoms with Crippen LogP contribution in [0.1, 0.15) is 22.9 Å². The maximum absolute atomic E-state index is 9.50. The first-order valence-electron chi connectivity index (χ1n) is 8.24. The molecule has 6 nitrogen and oxygen atoms in total. The predicted molar refractivity (Wildman–Crippen MR) is 95.4 cm³/mol. The lowest BCUT2D eigenvalue weighted by Gasteiger charge is -2.13. The molecule has 0 unspecified atom stereocenters. The molecule has 128 valence electrons. The molecule has 0 aliphatic rings. The molecule has 0 saturated carbocycles. The van der Waals surface area contributed by atoms with E-state index in [4.69, 9.17) is 4.52 Å². The second kappa shape index (κ2) is 7.14. The fourth-order valence-corrected chi connectivity index (χ4v) is 2.80. The minimum Gasteiger partial charge on any atom is -0.508 e. The number of phenolic OH excluding ortho intramolecular Hbond substituents is 1. The molecule has 2 heterocycles. The minimum absolute atomic E-state index is 0.0985. The van der Waals surface area contributed by atoms with Gasteiger partial charge in [0.15, 0.2) is 0 Å². The Labute approximate surface area is 150 Å². The topological polar surface area (TPSA) is 84.9 Å². The summed E-state index contributed by atoms with van der Waals surface area (Å²) in [7, 11) is 0. The first-order chi connectivity index (χ1) is 12.8. The Bertz CT molecular complexity index is 970. The van der Waals surface area contributed by atoms with Crippen molar-refractivity contribution in [3.8, 4) is 17.3 Å². The maximum Gasteiger partial charge on any atom is 0.234 e. The van der Waals surface area contributed by atoms with Gasteiger partial charge in [-0.15, -0.1) is 5.10 Å². The van der Waals surface area contributed by atoms with E-state index in [0.717, 1.165) is 11.1 Å². The molecule has 4 rings (SSSR count). The molecule has 0 radical (unpaired) electrons. The fourth-order valence-electron chi connectivity index (χ4n) is 2.80. The van der Waals surface area contributed by atoms with Gasteiger partial charge in [-0.1, -0.05) is 47.6 Å². The predicted octanol–water partition coefficient (Wildman–Crippen LogP) is 3.61. The van der Waals surface area contributed by atoms with Gasteiger partial charge in [0, 0.05) is 6.20 Å². The molecule has 1 N–H and O–H groups in total. The lowest BCUT2D eigenvalue weighted by atomic mass is 9.92. The van der Waals surface area contributed by atoms with E-state index in [2.05, 4.69) is 20.3 Å². The van der Waals surface area contributed by atoms with Gasteiger partial charge in [-0.25, -0.2) is 0 Å². The highest BCUT2D eigenvalue weighted by molar-refractivity contribution is 5.46. The Balaban J connectivity index is 1.69. The van der Waals surface area contributed by atoms with Crippen molar-refractivity contribution in [3.63, 3.8) is 0 Å². The number of aromatic hydroxyl groups is 1. The van der Waals surface area contributed by atoms with E-state index in [1.165, 1.54) is 0 Å². The molecule has 0 bridgehead atoms. The summed E-state index contributed by atoms with van der Waals surface area (Å²) in [5.41, 5.74) is 2.71. The van der Waals surface area contributed by atoms with Gasteiger partial charge in [0.2, 0.25) is 11.7 Å². The van der Waals surface area contributed by atoms with Crippen LogP contribution in [0.25, 0.3) is 11.5 Å². The molecule has 0 aliphatic heterocycles. The van der Waals surface area contributed by atoms with Gasteiger partial charge in [0.05, 0.1) is 5.92 Å². The van der Waals surface area contributed by atoms with E-state index >= 15 is 0 Å². The third kappa shape index (κ3) is 3.44. The van der Waals surface area contributed by atoms with Crippen molar-refractivity contribution in [1.82, 2.24) is 20.3 Å². The number of aromatic nitrogens is 4. The molecule has 0 saturated heterocycles. The molecule has 1 atom stereocenters. The Morgan fingerprint density at radius 3 is 2.46 bits per heavy atom. The van der Waals surface area contributed by atoms with Gasteiger partial charge in [0.25, 0.3) is 0 Å². The van der Waals surface area contributed by atoms with E-state index in [-0.39, 0.29) is 11.7 Å². The van der Waals surface area contributed by atoms with E-state index < -0.39 is 0 Å². The van der Waals surface area contributed by atoms with Crippen molar-refractivity contribution in [2.75, 3.05) is 0 Å². The van der Waals surface area contributed by atoms with Crippen LogP contribution >= 0.6 is 0 Å². The Morgan fingerprint density at radius 1 is 0.923 bits per heavy atom. The van der Waals surface area contributed by atoms with Gasteiger partial charge in [-0.3, -0.25) is 0 Å². The lowest BCUT2D eigenvalue weighted by Crippen LogP contribution is -2.05. The van der Waals surface area contributed by atoms with Gasteiger partial charge in [-0.05, 0) is 41.8 Å². The smallest absolute Gasteiger partial charge is 0.234 e. The molecule has 0 aliphatic carbocycles. The zero-order chi connectivity index (χ0) is 17.8. The second-order valence-electron chi connectivity index (χ2n) is 5.90. The van der Waals surface area contributed by atoms with Gasteiger partial charge in [-0.2, -0.15) is 10.1 Å². The summed E-state index contributed by atoms with van der Waals surface area (Å²) < 4.78 is 5.55. The van der Waals surface area contributed by atoms with Crippen molar-refractivity contribution in [3.05, 3.63) is 89.9 Å². The number of nitrogens with zero attached hydrogens (tertiary/aromatic N) is 4. The van der Waals surface area contributed by atoms with Crippen molar-refractivity contribution in [1.29, 1.82) is 0 Å². The quantitative estimate of drug-likeness (QED) is 0.595. The minimum atomic E-state index is -0.0985. The molecule has 4 aromatic rings. The van der Waals surface area contributed by atoms with E-state index in [9.17, 15) is 5.11 Å². The van der Waals surface area contributed by atoms with Crippen LogP contribution in [0.4, 0.5) is 0 Å². The monoisotopic (exact) mass is 344 g/mol. The van der Waals surface area contributed by atoms with Crippen LogP contribution < -0.4 is 0 Å². The number of benzene rings is 2. The maximum atomic E-state index is 9.50. The molecule has 2 aromatic heterocycles. The Morgan fingerprint density at radius 2 is 1.73 bits per heavy atom. The summed E-state index contributed by atoms with van der Waals surface area (Å²) in [6.07, 6.45) is 2.27. The molecule has 2 aromatic carbocycles. The molecule has 0 amide bonds. The zero-order valence-corrected chi connectivity index (χ0v) is 13.9. The average Bonchev–Trinajstić information content (AvgIpc) is 3.19. The highest BCUT2D eigenvalue weighted by Gasteiger charge is 2.22. The summed E-state index contributed by atoms with van der Waals surface area (Å²) >= 11 is 0. The van der Waals surface area contributed by atoms with Gasteiger partial charge in [0.1, 0.15) is 11.4 Å². The summed E-state index contributed by atoms with van der Waals surface area (Å²) in [5, 5.41) is 21.4. The first-order valence-corrected chi connectivity index (χ1v) is 8.24. The largest absolute Gasteiger partial charge is 0.508 e. The summed E-state index contributed by atoms with van der Waals surface area (Å²) in [6, 6.07) is 20.7. The van der Waals surface area contributed by atoms with Gasteiger partial charge >= 0.3 is 0 Å². The van der Waals surface area contributed by atoms with Crippen molar-refractivity contribution in [2.45, 2.75) is 12.3 Å². The Kier molecular flexibility index (Phi) is 4.38. The third-order valence-electron chi connectivity index (χ3n) is 4.12. The molecule has 6 heteroatoms. The van der Waals surface area contributed by atoms with Crippen LogP contribution in [0.2, 0.25) is 0 Å². The zero-order valence-electron chi connectivity index (χ0n) is 13.9. The molecular weight excluding hydrogens is 328 g/mol. The summed E-state index contributed by atoms with van der Waals surface area (Å²) in [5.74, 6) is 1.08. The molecule has 0 spiro atoms. The molecule has 26 heavy (non-hydrogen) atoms. The first kappa shape index (κ1) is 16.0. The third-order valence-corrected chi connectivity index (χ3v) is 4.12. The van der Waals surface area contributed by atoms with E-state index in [1.807, 2.05) is 42.5 Å². The summed E-state index contributed by atoms with van der Waals surface area (Å²) in [4.78, 5) is 4.54. The van der Waals surface area contributed by atoms with Crippen molar-refractivity contribution >= 4 is 0 Å². The van der Waals surface area contributed by atoms with Crippen LogP contribution in [-0.2, 0) is 6.42 Å². The molecular formula is C20H16N4O2. The number of hydrogen-bond donors (Lipinski definition) is 1. The van der Waals surface area contributed by atoms with Gasteiger partial charge < -0.3 is 9.63 Å². The SMILES string of the molecule is Oc1ccc(C[C@@H](c2ccccc2)c2nc(-c3cccnn3)no2)cc1. The van der Waals surface area contributed by atoms with Crippen molar-refractivity contribution in [2.24, 2.45) is 0 Å². The van der Waals surface area contributed by atoms with Crippen LogP contribution in [-0.4, -0.2) is 25.4 Å². The van der Waals surface area contributed by atoms with E-state index in [0.29, 0.717) is 23.8 Å². The highest BCUT2D eigenvalue weighted by atomic mass is 16.5. The van der Waals surface area contributed by atoms with Crippen LogP contribution in [0.5, 0.6) is 5.75 Å².